The first-order valence-electron chi connectivity index (χ1n) is 7.90. The topological polar surface area (TPSA) is 48.8 Å². The van der Waals surface area contributed by atoms with Crippen molar-refractivity contribution in [2.75, 3.05) is 13.8 Å². The van der Waals surface area contributed by atoms with E-state index in [0.717, 1.165) is 4.68 Å². The maximum absolute atomic E-state index is 13.2. The van der Waals surface area contributed by atoms with E-state index in [2.05, 4.69) is 9.84 Å². The lowest BCUT2D eigenvalue weighted by Gasteiger charge is -2.20. The number of ether oxygens (including phenoxy) is 3. The predicted octanol–water partition coefficient (Wildman–Crippen LogP) is 4.05. The molecule has 0 aliphatic carbocycles. The summed E-state index contributed by atoms with van der Waals surface area (Å²) in [6.07, 6.45) is -4.68. The van der Waals surface area contributed by atoms with Gasteiger partial charge in [0, 0.05) is 37.3 Å². The molecule has 3 rings (SSSR count). The molecule has 6 nitrogen and oxygen atoms in total. The van der Waals surface area contributed by atoms with E-state index in [9.17, 15) is 22.0 Å². The Hall–Kier alpha value is -2.27. The van der Waals surface area contributed by atoms with E-state index in [1.54, 1.807) is 0 Å². The highest BCUT2D eigenvalue weighted by Crippen LogP contribution is 2.40. The van der Waals surface area contributed by atoms with Crippen molar-refractivity contribution in [2.24, 2.45) is 7.05 Å². The zero-order valence-electron chi connectivity index (χ0n) is 14.7. The number of rotatable bonds is 6. The smallest absolute Gasteiger partial charge is 0.435 e. The summed E-state index contributed by atoms with van der Waals surface area (Å²) in [7, 11) is 2.81. The molecule has 0 radical (unpaired) electrons. The highest BCUT2D eigenvalue weighted by Gasteiger charge is 2.38. The normalized spacial score (nSPS) is 13.6. The molecule has 1 aliphatic heterocycles. The molecule has 1 aliphatic rings. The van der Waals surface area contributed by atoms with E-state index in [-0.39, 0.29) is 42.1 Å². The van der Waals surface area contributed by atoms with Crippen LogP contribution in [0.5, 0.6) is 17.2 Å². The van der Waals surface area contributed by atoms with Gasteiger partial charge in [-0.05, 0) is 13.1 Å². The molecular weight excluding hydrogens is 413 g/mol. The van der Waals surface area contributed by atoms with Gasteiger partial charge >= 0.3 is 12.8 Å². The molecule has 0 saturated heterocycles. The van der Waals surface area contributed by atoms with E-state index < -0.39 is 18.5 Å². The molecule has 154 valence electrons. The van der Waals surface area contributed by atoms with E-state index in [1.165, 1.54) is 31.1 Å². The fourth-order valence-corrected chi connectivity index (χ4v) is 3.01. The van der Waals surface area contributed by atoms with Gasteiger partial charge in [0.25, 0.3) is 0 Å². The zero-order chi connectivity index (χ0) is 20.6. The fraction of sp³-hybridized carbons (Fsp3) is 0.438. The fourth-order valence-electron chi connectivity index (χ4n) is 2.83. The van der Waals surface area contributed by atoms with Crippen LogP contribution in [-0.2, 0) is 26.3 Å². The molecule has 0 saturated carbocycles. The van der Waals surface area contributed by atoms with Crippen LogP contribution < -0.4 is 14.2 Å². The van der Waals surface area contributed by atoms with Gasteiger partial charge < -0.3 is 14.2 Å². The Kier molecular flexibility index (Phi) is 5.57. The first-order valence-corrected chi connectivity index (χ1v) is 8.28. The number of benzene rings is 1. The van der Waals surface area contributed by atoms with Crippen LogP contribution in [0.25, 0.3) is 0 Å². The van der Waals surface area contributed by atoms with Crippen LogP contribution in [0.2, 0.25) is 5.15 Å². The number of halogens is 6. The average Bonchev–Trinajstić information content (AvgIpc) is 3.13. The van der Waals surface area contributed by atoms with E-state index in [0.29, 0.717) is 11.3 Å². The number of aryl methyl sites for hydroxylation is 1. The number of nitrogens with zero attached hydrogens (tertiary/aromatic N) is 3. The third kappa shape index (κ3) is 4.25. The second-order valence-electron chi connectivity index (χ2n) is 6.10. The van der Waals surface area contributed by atoms with Crippen molar-refractivity contribution in [3.8, 4) is 17.2 Å². The van der Waals surface area contributed by atoms with Crippen molar-refractivity contribution in [2.45, 2.75) is 25.9 Å². The average molecular weight is 428 g/mol. The summed E-state index contributed by atoms with van der Waals surface area (Å²) in [6.45, 7) is -3.37. The van der Waals surface area contributed by atoms with Gasteiger partial charge in [0.2, 0.25) is 6.79 Å². The molecule has 1 aromatic carbocycles. The molecule has 2 heterocycles. The van der Waals surface area contributed by atoms with Crippen LogP contribution in [0.1, 0.15) is 16.8 Å². The Morgan fingerprint density at radius 1 is 1.25 bits per heavy atom. The predicted molar refractivity (Wildman–Crippen MR) is 87.6 cm³/mol. The number of aromatic nitrogens is 2. The second kappa shape index (κ2) is 7.63. The molecule has 0 fully saturated rings. The standard InChI is InChI=1S/C16H15ClF5N3O3/c1-24(6-9-13(16(20,21)22)23-25(2)14(9)17)5-8-3-11-12(27-7-26-11)4-10(8)28-15(18)19/h3-4,15H,5-7H2,1-2H3. The number of hydrogen-bond acceptors (Lipinski definition) is 5. The highest BCUT2D eigenvalue weighted by atomic mass is 35.5. The largest absolute Gasteiger partial charge is 0.454 e. The van der Waals surface area contributed by atoms with Crippen LogP contribution in [-0.4, -0.2) is 35.1 Å². The lowest BCUT2D eigenvalue weighted by atomic mass is 10.1. The SMILES string of the molecule is CN(Cc1cc2c(cc1OC(F)F)OCO2)Cc1c(C(F)(F)F)nn(C)c1Cl. The van der Waals surface area contributed by atoms with Crippen LogP contribution in [0.3, 0.4) is 0 Å². The minimum Gasteiger partial charge on any atom is -0.454 e. The van der Waals surface area contributed by atoms with Crippen molar-refractivity contribution in [1.82, 2.24) is 14.7 Å². The minimum atomic E-state index is -4.68. The molecular formula is C16H15ClF5N3O3. The minimum absolute atomic E-state index is 0.0127. The van der Waals surface area contributed by atoms with E-state index >= 15 is 0 Å². The summed E-state index contributed by atoms with van der Waals surface area (Å²) < 4.78 is 80.8. The Morgan fingerprint density at radius 3 is 2.50 bits per heavy atom. The quantitative estimate of drug-likeness (QED) is 0.651. The summed E-state index contributed by atoms with van der Waals surface area (Å²) in [5.74, 6) is 0.427. The molecule has 0 N–H and O–H groups in total. The maximum Gasteiger partial charge on any atom is 0.435 e. The van der Waals surface area contributed by atoms with Gasteiger partial charge in [-0.25, -0.2) is 0 Å². The first-order chi connectivity index (χ1) is 13.1. The monoisotopic (exact) mass is 427 g/mol. The third-order valence-corrected chi connectivity index (χ3v) is 4.45. The van der Waals surface area contributed by atoms with Crippen LogP contribution >= 0.6 is 11.6 Å². The Labute approximate surface area is 161 Å². The van der Waals surface area contributed by atoms with Crippen molar-refractivity contribution < 1.29 is 36.2 Å². The van der Waals surface area contributed by atoms with Crippen LogP contribution in [0.15, 0.2) is 12.1 Å². The van der Waals surface area contributed by atoms with Crippen LogP contribution in [0, 0.1) is 0 Å². The molecule has 0 unspecified atom stereocenters. The second-order valence-corrected chi connectivity index (χ2v) is 6.46. The molecule has 0 atom stereocenters. The van der Waals surface area contributed by atoms with Crippen molar-refractivity contribution in [3.63, 3.8) is 0 Å². The Bertz CT molecular complexity index is 872. The number of alkyl halides is 5. The van der Waals surface area contributed by atoms with Gasteiger partial charge in [-0.1, -0.05) is 11.6 Å². The first kappa shape index (κ1) is 20.5. The molecule has 0 bridgehead atoms. The van der Waals surface area contributed by atoms with Gasteiger partial charge in [-0.3, -0.25) is 9.58 Å². The molecule has 12 heteroatoms. The summed E-state index contributed by atoms with van der Waals surface area (Å²) in [5.41, 5.74) is -1.02. The molecule has 28 heavy (non-hydrogen) atoms. The van der Waals surface area contributed by atoms with Crippen LogP contribution in [0.4, 0.5) is 22.0 Å². The van der Waals surface area contributed by atoms with Crippen molar-refractivity contribution in [3.05, 3.63) is 34.1 Å². The van der Waals surface area contributed by atoms with E-state index in [1.807, 2.05) is 0 Å². The maximum atomic E-state index is 13.2. The molecule has 0 spiro atoms. The lowest BCUT2D eigenvalue weighted by Crippen LogP contribution is -2.20. The zero-order valence-corrected chi connectivity index (χ0v) is 15.4. The summed E-state index contributed by atoms with van der Waals surface area (Å²) in [4.78, 5) is 1.47. The summed E-state index contributed by atoms with van der Waals surface area (Å²) in [6, 6.07) is 2.71. The number of hydrogen-bond donors (Lipinski definition) is 0. The van der Waals surface area contributed by atoms with Gasteiger partial charge in [0.05, 0.1) is 0 Å². The Balaban J connectivity index is 1.85. The summed E-state index contributed by atoms with van der Waals surface area (Å²) in [5, 5.41) is 3.26. The number of fused-ring (bicyclic) bond motifs is 1. The van der Waals surface area contributed by atoms with E-state index in [4.69, 9.17) is 21.1 Å². The van der Waals surface area contributed by atoms with Gasteiger partial charge in [-0.15, -0.1) is 0 Å². The summed E-state index contributed by atoms with van der Waals surface area (Å²) >= 11 is 5.96. The van der Waals surface area contributed by atoms with Gasteiger partial charge in [0.15, 0.2) is 17.2 Å². The Morgan fingerprint density at radius 2 is 1.89 bits per heavy atom. The van der Waals surface area contributed by atoms with Crippen molar-refractivity contribution >= 4 is 11.6 Å². The molecule has 0 amide bonds. The molecule has 2 aromatic rings. The lowest BCUT2D eigenvalue weighted by molar-refractivity contribution is -0.142. The van der Waals surface area contributed by atoms with Crippen molar-refractivity contribution in [1.29, 1.82) is 0 Å². The van der Waals surface area contributed by atoms with Gasteiger partial charge in [-0.2, -0.15) is 27.1 Å². The molecule has 1 aromatic heterocycles. The van der Waals surface area contributed by atoms with Gasteiger partial charge in [0.1, 0.15) is 10.9 Å². The highest BCUT2D eigenvalue weighted by molar-refractivity contribution is 6.30. The third-order valence-electron chi connectivity index (χ3n) is 3.98.